The van der Waals surface area contributed by atoms with Gasteiger partial charge in [0.15, 0.2) is 0 Å². The number of carbonyl (C=O) groups is 2. The fraction of sp³-hybridized carbons (Fsp3) is 0.222. The zero-order valence-corrected chi connectivity index (χ0v) is 14.9. The van der Waals surface area contributed by atoms with E-state index in [1.807, 2.05) is 37.3 Å². The van der Waals surface area contributed by atoms with Crippen molar-refractivity contribution >= 4 is 40.9 Å². The van der Waals surface area contributed by atoms with Gasteiger partial charge in [-0.1, -0.05) is 23.7 Å². The van der Waals surface area contributed by atoms with Crippen LogP contribution in [-0.4, -0.2) is 29.0 Å². The molecule has 2 aromatic rings. The molecule has 1 heterocycles. The third kappa shape index (κ3) is 3.57. The smallest absolute Gasteiger partial charge is 0.253 e. The Labute approximate surface area is 150 Å². The highest BCUT2D eigenvalue weighted by atomic mass is 35.5. The number of rotatable bonds is 3. The van der Waals surface area contributed by atoms with Gasteiger partial charge in [-0.15, -0.1) is 11.8 Å². The van der Waals surface area contributed by atoms with Crippen molar-refractivity contribution in [3.8, 4) is 0 Å². The lowest BCUT2D eigenvalue weighted by molar-refractivity contribution is -0.115. The number of anilines is 1. The Kier molecular flexibility index (Phi) is 4.83. The van der Waals surface area contributed by atoms with Crippen LogP contribution in [0.25, 0.3) is 0 Å². The number of thioether (sulfide) groups is 1. The first-order chi connectivity index (χ1) is 11.4. The highest BCUT2D eigenvalue weighted by Gasteiger charge is 2.24. The summed E-state index contributed by atoms with van der Waals surface area (Å²) >= 11 is 7.38. The summed E-state index contributed by atoms with van der Waals surface area (Å²) in [5.41, 5.74) is 2.26. The normalized spacial score (nSPS) is 16.3. The Hall–Kier alpha value is -1.98. The molecule has 0 spiro atoms. The van der Waals surface area contributed by atoms with Gasteiger partial charge in [0.25, 0.3) is 5.91 Å². The van der Waals surface area contributed by atoms with Crippen LogP contribution in [0, 0.1) is 0 Å². The van der Waals surface area contributed by atoms with Gasteiger partial charge < -0.3 is 10.2 Å². The number of hydrogen-bond acceptors (Lipinski definition) is 3. The van der Waals surface area contributed by atoms with Crippen molar-refractivity contribution in [2.75, 3.05) is 12.4 Å². The molecule has 1 aliphatic rings. The highest BCUT2D eigenvalue weighted by molar-refractivity contribution is 8.00. The number of benzene rings is 2. The van der Waals surface area contributed by atoms with Crippen LogP contribution in [-0.2, 0) is 11.3 Å². The third-order valence-corrected chi connectivity index (χ3v) is 5.27. The molecule has 24 heavy (non-hydrogen) atoms. The van der Waals surface area contributed by atoms with Crippen LogP contribution >= 0.6 is 23.4 Å². The zero-order chi connectivity index (χ0) is 17.3. The van der Waals surface area contributed by atoms with Crippen LogP contribution < -0.4 is 5.32 Å². The third-order valence-electron chi connectivity index (χ3n) is 3.84. The molecule has 6 heteroatoms. The molecule has 0 unspecified atom stereocenters. The van der Waals surface area contributed by atoms with E-state index in [2.05, 4.69) is 5.32 Å². The molecule has 0 saturated heterocycles. The second-order valence-electron chi connectivity index (χ2n) is 5.75. The average molecular weight is 361 g/mol. The van der Waals surface area contributed by atoms with Crippen molar-refractivity contribution in [3.63, 3.8) is 0 Å². The molecule has 0 bridgehead atoms. The van der Waals surface area contributed by atoms with Crippen molar-refractivity contribution in [1.29, 1.82) is 0 Å². The summed E-state index contributed by atoms with van der Waals surface area (Å²) in [5.74, 6) is -0.128. The predicted octanol–water partition coefficient (Wildman–Crippen LogP) is 4.04. The Balaban J connectivity index is 1.76. The van der Waals surface area contributed by atoms with Gasteiger partial charge in [0.1, 0.15) is 0 Å². The summed E-state index contributed by atoms with van der Waals surface area (Å²) in [5, 5.41) is 3.41. The number of carbonyl (C=O) groups excluding carboxylic acids is 2. The lowest BCUT2D eigenvalue weighted by Crippen LogP contribution is -2.28. The summed E-state index contributed by atoms with van der Waals surface area (Å²) in [6.45, 7) is 2.35. The van der Waals surface area contributed by atoms with E-state index in [0.29, 0.717) is 22.8 Å². The first kappa shape index (κ1) is 16.9. The van der Waals surface area contributed by atoms with Crippen LogP contribution in [0.1, 0.15) is 22.8 Å². The maximum absolute atomic E-state index is 12.6. The molecule has 4 nitrogen and oxygen atoms in total. The molecule has 1 aliphatic heterocycles. The van der Waals surface area contributed by atoms with Gasteiger partial charge in [-0.25, -0.2) is 0 Å². The van der Waals surface area contributed by atoms with E-state index in [0.717, 1.165) is 10.5 Å². The first-order valence-corrected chi connectivity index (χ1v) is 8.81. The van der Waals surface area contributed by atoms with Gasteiger partial charge in [-0.2, -0.15) is 0 Å². The molecule has 124 valence electrons. The van der Waals surface area contributed by atoms with Crippen LogP contribution in [0.2, 0.25) is 5.02 Å². The fourth-order valence-electron chi connectivity index (χ4n) is 2.50. The summed E-state index contributed by atoms with van der Waals surface area (Å²) in [4.78, 5) is 27.1. The minimum absolute atomic E-state index is 0.0355. The summed E-state index contributed by atoms with van der Waals surface area (Å²) < 4.78 is 0. The van der Waals surface area contributed by atoms with E-state index >= 15 is 0 Å². The standard InChI is InChI=1S/C18H17ClN2O2S/c1-11-17(22)20-15-9-13(5-8-16(15)24-11)18(23)21(2)10-12-3-6-14(19)7-4-12/h3-9,11H,10H2,1-2H3,(H,20,22)/t11-/m0/s1. The van der Waals surface area contributed by atoms with Crippen LogP contribution in [0.5, 0.6) is 0 Å². The molecule has 0 radical (unpaired) electrons. The summed E-state index contributed by atoms with van der Waals surface area (Å²) in [6, 6.07) is 12.8. The van der Waals surface area contributed by atoms with E-state index in [1.54, 1.807) is 24.1 Å². The van der Waals surface area contributed by atoms with Crippen molar-refractivity contribution in [2.45, 2.75) is 23.6 Å². The van der Waals surface area contributed by atoms with Crippen molar-refractivity contribution in [2.24, 2.45) is 0 Å². The Morgan fingerprint density at radius 3 is 2.67 bits per heavy atom. The number of halogens is 1. The molecule has 2 aromatic carbocycles. The van der Waals surface area contributed by atoms with Crippen molar-refractivity contribution in [1.82, 2.24) is 4.90 Å². The molecular weight excluding hydrogens is 344 g/mol. The van der Waals surface area contributed by atoms with E-state index in [4.69, 9.17) is 11.6 Å². The Bertz CT molecular complexity index is 792. The van der Waals surface area contributed by atoms with E-state index in [-0.39, 0.29) is 17.1 Å². The minimum Gasteiger partial charge on any atom is -0.337 e. The molecular formula is C18H17ClN2O2S. The fourth-order valence-corrected chi connectivity index (χ4v) is 3.55. The number of amides is 2. The molecule has 2 amide bonds. The number of nitrogens with zero attached hydrogens (tertiary/aromatic N) is 1. The largest absolute Gasteiger partial charge is 0.337 e. The van der Waals surface area contributed by atoms with Gasteiger partial charge in [-0.3, -0.25) is 9.59 Å². The second-order valence-corrected chi connectivity index (χ2v) is 7.57. The second kappa shape index (κ2) is 6.87. The van der Waals surface area contributed by atoms with Gasteiger partial charge in [-0.05, 0) is 42.8 Å². The zero-order valence-electron chi connectivity index (χ0n) is 13.4. The molecule has 0 aliphatic carbocycles. The van der Waals surface area contributed by atoms with Gasteiger partial charge in [0.2, 0.25) is 5.91 Å². The molecule has 0 fully saturated rings. The van der Waals surface area contributed by atoms with E-state index in [9.17, 15) is 9.59 Å². The highest BCUT2D eigenvalue weighted by Crippen LogP contribution is 2.36. The van der Waals surface area contributed by atoms with Gasteiger partial charge in [0.05, 0.1) is 10.9 Å². The van der Waals surface area contributed by atoms with Gasteiger partial charge in [0, 0.05) is 29.1 Å². The minimum atomic E-state index is -0.119. The van der Waals surface area contributed by atoms with E-state index in [1.165, 1.54) is 11.8 Å². The molecule has 0 saturated carbocycles. The molecule has 1 N–H and O–H groups in total. The predicted molar refractivity (Wildman–Crippen MR) is 97.6 cm³/mol. The maximum Gasteiger partial charge on any atom is 0.253 e. The Morgan fingerprint density at radius 1 is 1.25 bits per heavy atom. The number of fused-ring (bicyclic) bond motifs is 1. The summed E-state index contributed by atoms with van der Waals surface area (Å²) in [7, 11) is 1.76. The monoisotopic (exact) mass is 360 g/mol. The SMILES string of the molecule is C[C@@H]1Sc2ccc(C(=O)N(C)Cc3ccc(Cl)cc3)cc2NC1=O. The van der Waals surface area contributed by atoms with Crippen LogP contribution in [0.15, 0.2) is 47.4 Å². The summed E-state index contributed by atoms with van der Waals surface area (Å²) in [6.07, 6.45) is 0. The number of hydrogen-bond donors (Lipinski definition) is 1. The van der Waals surface area contributed by atoms with Gasteiger partial charge >= 0.3 is 0 Å². The topological polar surface area (TPSA) is 49.4 Å². The lowest BCUT2D eigenvalue weighted by atomic mass is 10.1. The van der Waals surface area contributed by atoms with Crippen LogP contribution in [0.4, 0.5) is 5.69 Å². The average Bonchev–Trinajstić information content (AvgIpc) is 2.57. The quantitative estimate of drug-likeness (QED) is 0.898. The molecule has 1 atom stereocenters. The van der Waals surface area contributed by atoms with Crippen molar-refractivity contribution < 1.29 is 9.59 Å². The molecule has 0 aromatic heterocycles. The first-order valence-electron chi connectivity index (χ1n) is 7.55. The molecule has 3 rings (SSSR count). The lowest BCUT2D eigenvalue weighted by Gasteiger charge is -2.23. The van der Waals surface area contributed by atoms with Crippen molar-refractivity contribution in [3.05, 3.63) is 58.6 Å². The number of nitrogens with one attached hydrogen (secondary N) is 1. The van der Waals surface area contributed by atoms with Crippen LogP contribution in [0.3, 0.4) is 0 Å². The maximum atomic E-state index is 12.6. The Morgan fingerprint density at radius 2 is 1.96 bits per heavy atom. The van der Waals surface area contributed by atoms with E-state index < -0.39 is 0 Å².